The number of aliphatic hydroxyl groups is 1. The molecule has 2 fully saturated rings. The van der Waals surface area contributed by atoms with Crippen molar-refractivity contribution in [2.24, 2.45) is 0 Å². The van der Waals surface area contributed by atoms with Crippen molar-refractivity contribution < 1.29 is 14.7 Å². The summed E-state index contributed by atoms with van der Waals surface area (Å²) >= 11 is 0. The average Bonchev–Trinajstić information content (AvgIpc) is 3.29. The lowest BCUT2D eigenvalue weighted by molar-refractivity contribution is -0.115. The van der Waals surface area contributed by atoms with Crippen LogP contribution in [0.25, 0.3) is 11.7 Å². The quantitative estimate of drug-likeness (QED) is 0.296. The van der Waals surface area contributed by atoms with Crippen molar-refractivity contribution in [2.75, 3.05) is 10.6 Å². The Labute approximate surface area is 181 Å². The molecule has 0 unspecified atom stereocenters. The normalized spacial score (nSPS) is 23.3. The van der Waals surface area contributed by atoms with E-state index in [2.05, 4.69) is 36.3 Å². The van der Waals surface area contributed by atoms with Gasteiger partial charge in [-0.15, -0.1) is 0 Å². The van der Waals surface area contributed by atoms with Gasteiger partial charge in [-0.3, -0.25) is 10.1 Å². The van der Waals surface area contributed by atoms with Crippen molar-refractivity contribution in [3.8, 4) is 0 Å². The van der Waals surface area contributed by atoms with E-state index < -0.39 is 18.0 Å². The minimum absolute atomic E-state index is 0.120. The van der Waals surface area contributed by atoms with Gasteiger partial charge in [-0.1, -0.05) is 24.3 Å². The summed E-state index contributed by atoms with van der Waals surface area (Å²) in [5, 5.41) is 26.3. The number of aliphatic hydroxyl groups excluding tert-OH is 1. The van der Waals surface area contributed by atoms with Crippen molar-refractivity contribution in [2.45, 2.75) is 37.5 Å². The summed E-state index contributed by atoms with van der Waals surface area (Å²) in [4.78, 5) is 32.6. The number of aromatic nitrogens is 4. The van der Waals surface area contributed by atoms with E-state index in [0.717, 1.165) is 24.0 Å². The maximum atomic E-state index is 11.9. The van der Waals surface area contributed by atoms with E-state index in [9.17, 15) is 14.7 Å². The Kier molecular flexibility index (Phi) is 4.12. The highest BCUT2D eigenvalue weighted by Crippen LogP contribution is 2.34. The summed E-state index contributed by atoms with van der Waals surface area (Å²) in [5.74, 6) is 0.343. The molecular weight excluding hydrogens is 412 g/mol. The molecule has 0 radical (unpaired) electrons. The minimum Gasteiger partial charge on any atom is -0.390 e. The average molecular weight is 432 g/mol. The smallest absolute Gasteiger partial charge is 0.326 e. The number of anilines is 2. The Morgan fingerprint density at radius 2 is 1.97 bits per heavy atom. The highest BCUT2D eigenvalue weighted by Gasteiger charge is 2.32. The van der Waals surface area contributed by atoms with E-state index in [4.69, 9.17) is 0 Å². The third-order valence-corrected chi connectivity index (χ3v) is 5.81. The number of nitrogens with one attached hydrogen (secondary N) is 4. The van der Waals surface area contributed by atoms with Crippen LogP contribution in [0.5, 0.6) is 0 Å². The molecular formula is C21H20N8O3. The van der Waals surface area contributed by atoms with Gasteiger partial charge in [-0.05, 0) is 30.0 Å². The summed E-state index contributed by atoms with van der Waals surface area (Å²) in [6.07, 6.45) is 5.15. The van der Waals surface area contributed by atoms with Crippen LogP contribution in [0.1, 0.15) is 35.6 Å². The van der Waals surface area contributed by atoms with Crippen LogP contribution in [-0.2, 0) is 11.2 Å². The number of hydrogen-bond donors (Lipinski definition) is 5. The zero-order valence-electron chi connectivity index (χ0n) is 16.9. The van der Waals surface area contributed by atoms with Gasteiger partial charge in [0.2, 0.25) is 11.9 Å². The molecule has 3 aliphatic rings. The van der Waals surface area contributed by atoms with Crippen LogP contribution in [0, 0.1) is 0 Å². The Morgan fingerprint density at radius 3 is 2.75 bits per heavy atom. The van der Waals surface area contributed by atoms with Gasteiger partial charge in [0, 0.05) is 18.0 Å². The Hall–Kier alpha value is -3.99. The summed E-state index contributed by atoms with van der Waals surface area (Å²) < 4.78 is 1.57. The number of fused-ring (bicyclic) bond motifs is 2. The molecule has 3 heterocycles. The van der Waals surface area contributed by atoms with Gasteiger partial charge >= 0.3 is 6.03 Å². The van der Waals surface area contributed by atoms with Crippen LogP contribution >= 0.6 is 0 Å². The molecule has 1 aromatic carbocycles. The fourth-order valence-corrected chi connectivity index (χ4v) is 4.09. The highest BCUT2D eigenvalue weighted by atomic mass is 16.3. The third kappa shape index (κ3) is 3.23. The number of rotatable bonds is 5. The Morgan fingerprint density at radius 1 is 1.12 bits per heavy atom. The second kappa shape index (κ2) is 7.02. The highest BCUT2D eigenvalue weighted by molar-refractivity contribution is 6.14. The van der Waals surface area contributed by atoms with Crippen LogP contribution in [-0.4, -0.2) is 48.8 Å². The van der Waals surface area contributed by atoms with Gasteiger partial charge in [-0.2, -0.15) is 19.6 Å². The molecule has 3 amide bonds. The lowest BCUT2D eigenvalue weighted by atomic mass is 10.1. The maximum Gasteiger partial charge on any atom is 0.326 e. The van der Waals surface area contributed by atoms with Gasteiger partial charge in [0.15, 0.2) is 5.65 Å². The third-order valence-electron chi connectivity index (χ3n) is 5.81. The van der Waals surface area contributed by atoms with Crippen molar-refractivity contribution >= 4 is 35.6 Å². The van der Waals surface area contributed by atoms with E-state index in [0.29, 0.717) is 35.6 Å². The van der Waals surface area contributed by atoms with Crippen molar-refractivity contribution in [3.63, 3.8) is 0 Å². The van der Waals surface area contributed by atoms with Crippen LogP contribution in [0.2, 0.25) is 0 Å². The van der Waals surface area contributed by atoms with E-state index in [1.54, 1.807) is 10.7 Å². The van der Waals surface area contributed by atoms with Gasteiger partial charge in [0.05, 0.1) is 18.3 Å². The number of nitrogens with zero attached hydrogens (tertiary/aromatic N) is 4. The molecule has 1 saturated heterocycles. The molecule has 32 heavy (non-hydrogen) atoms. The monoisotopic (exact) mass is 432 g/mol. The Balaban J connectivity index is 1.41. The number of hydrogen-bond acceptors (Lipinski definition) is 8. The first-order valence-corrected chi connectivity index (χ1v) is 10.4. The second-order valence-corrected chi connectivity index (χ2v) is 8.18. The van der Waals surface area contributed by atoms with Gasteiger partial charge in [-0.25, -0.2) is 4.79 Å². The van der Waals surface area contributed by atoms with E-state index >= 15 is 0 Å². The van der Waals surface area contributed by atoms with Gasteiger partial charge in [0.1, 0.15) is 5.70 Å². The molecule has 2 aromatic heterocycles. The van der Waals surface area contributed by atoms with Crippen molar-refractivity contribution in [1.82, 2.24) is 30.2 Å². The van der Waals surface area contributed by atoms with Gasteiger partial charge in [0.25, 0.3) is 5.91 Å². The maximum absolute atomic E-state index is 11.9. The van der Waals surface area contributed by atoms with Crippen LogP contribution < -0.4 is 21.3 Å². The largest absolute Gasteiger partial charge is 0.390 e. The molecule has 2 aliphatic carbocycles. The molecule has 11 heteroatoms. The molecule has 6 rings (SSSR count). The number of carbonyl (C=O) groups excluding carboxylic acids is 2. The molecule has 0 bridgehead atoms. The summed E-state index contributed by atoms with van der Waals surface area (Å²) in [7, 11) is 0. The molecule has 5 N–H and O–H groups in total. The molecule has 162 valence electrons. The fourth-order valence-electron chi connectivity index (χ4n) is 4.09. The van der Waals surface area contributed by atoms with E-state index in [-0.39, 0.29) is 11.7 Å². The van der Waals surface area contributed by atoms with Gasteiger partial charge < -0.3 is 21.1 Å². The first kappa shape index (κ1) is 18.8. The predicted octanol–water partition coefficient (Wildman–Crippen LogP) is 0.949. The number of amides is 3. The Bertz CT molecular complexity index is 1300. The molecule has 3 aromatic rings. The first-order valence-electron chi connectivity index (χ1n) is 10.4. The number of imide groups is 1. The van der Waals surface area contributed by atoms with E-state index in [1.807, 2.05) is 24.3 Å². The molecule has 1 saturated carbocycles. The second-order valence-electron chi connectivity index (χ2n) is 8.18. The standard InChI is InChI=1S/C21H20N8O3/c30-15-8-10-3-1-2-4-13(10)16(15)25-19-26-17-11(7-14-18(31)27-21(32)24-14)9-22-29(17)20(28-19)23-12-5-6-12/h1-4,7,9,12,15-16,30H,5-6,8H2,(H2,23,25,26,28)(H2,24,27,31,32)/b14-7-/t15-,16+/m0/s1. The van der Waals surface area contributed by atoms with E-state index in [1.165, 1.54) is 6.08 Å². The topological polar surface area (TPSA) is 146 Å². The lowest BCUT2D eigenvalue weighted by Crippen LogP contribution is -2.23. The predicted molar refractivity (Wildman–Crippen MR) is 115 cm³/mol. The van der Waals surface area contributed by atoms with Crippen molar-refractivity contribution in [1.29, 1.82) is 0 Å². The number of benzene rings is 1. The number of carbonyl (C=O) groups is 2. The zero-order chi connectivity index (χ0) is 21.8. The molecule has 1 aliphatic heterocycles. The summed E-state index contributed by atoms with van der Waals surface area (Å²) in [5.41, 5.74) is 3.24. The van der Waals surface area contributed by atoms with Crippen molar-refractivity contribution in [3.05, 3.63) is 52.8 Å². The molecule has 11 nitrogen and oxygen atoms in total. The fraction of sp³-hybridized carbons (Fsp3) is 0.286. The first-order chi connectivity index (χ1) is 15.5. The molecule has 0 spiro atoms. The summed E-state index contributed by atoms with van der Waals surface area (Å²) in [6.45, 7) is 0. The van der Waals surface area contributed by atoms with Crippen LogP contribution in [0.3, 0.4) is 0 Å². The zero-order valence-corrected chi connectivity index (χ0v) is 16.9. The SMILES string of the molecule is O=C1NC(=O)/C(=C/c2cnn3c(NC4CC4)nc(N[C@@H]4c5ccccc5C[C@@H]4O)nc23)N1. The lowest BCUT2D eigenvalue weighted by Gasteiger charge is -2.18. The van der Waals surface area contributed by atoms with Crippen LogP contribution in [0.4, 0.5) is 16.7 Å². The van der Waals surface area contributed by atoms with Crippen LogP contribution in [0.15, 0.2) is 36.2 Å². The molecule has 2 atom stereocenters. The number of urea groups is 1. The summed E-state index contributed by atoms with van der Waals surface area (Å²) in [6, 6.07) is 7.31. The minimum atomic E-state index is -0.601.